The van der Waals surface area contributed by atoms with Gasteiger partial charge in [0.25, 0.3) is 11.5 Å². The number of fused-ring (bicyclic) bond motifs is 1. The van der Waals surface area contributed by atoms with E-state index in [1.807, 2.05) is 30.3 Å². The zero-order valence-corrected chi connectivity index (χ0v) is 15.5. The SMILES string of the molecule is N=Cc1cc(NC(=O)c2ccc[nH]c2=O)cc(-c2cc3ccccc3s2)c1N. The number of hydrogen-bond acceptors (Lipinski definition) is 5. The summed E-state index contributed by atoms with van der Waals surface area (Å²) in [6.07, 6.45) is 2.62. The van der Waals surface area contributed by atoms with Crippen molar-refractivity contribution in [3.8, 4) is 10.4 Å². The molecule has 7 heteroatoms. The van der Waals surface area contributed by atoms with E-state index in [-0.39, 0.29) is 5.56 Å². The summed E-state index contributed by atoms with van der Waals surface area (Å²) in [6, 6.07) is 16.5. The first kappa shape index (κ1) is 17.7. The average Bonchev–Trinajstić information content (AvgIpc) is 3.13. The highest BCUT2D eigenvalue weighted by Gasteiger charge is 2.15. The minimum atomic E-state index is -0.523. The molecule has 0 bridgehead atoms. The minimum absolute atomic E-state index is 0.0131. The van der Waals surface area contributed by atoms with Crippen LogP contribution in [0.25, 0.3) is 20.5 Å². The van der Waals surface area contributed by atoms with Crippen molar-refractivity contribution in [3.63, 3.8) is 0 Å². The maximum atomic E-state index is 12.5. The Morgan fingerprint density at radius 3 is 2.71 bits per heavy atom. The molecule has 0 spiro atoms. The van der Waals surface area contributed by atoms with Gasteiger partial charge in [0.15, 0.2) is 0 Å². The molecule has 0 aliphatic carbocycles. The molecule has 4 rings (SSSR count). The fraction of sp³-hybridized carbons (Fsp3) is 0. The van der Waals surface area contributed by atoms with Gasteiger partial charge in [-0.1, -0.05) is 18.2 Å². The second-order valence-corrected chi connectivity index (χ2v) is 7.27. The predicted molar refractivity (Wildman–Crippen MR) is 115 cm³/mol. The Hall–Kier alpha value is -3.71. The van der Waals surface area contributed by atoms with Gasteiger partial charge in [0.05, 0.1) is 0 Å². The Labute approximate surface area is 164 Å². The number of nitrogen functional groups attached to an aromatic ring is 1. The zero-order valence-electron chi connectivity index (χ0n) is 14.7. The fourth-order valence-electron chi connectivity index (χ4n) is 2.98. The summed E-state index contributed by atoms with van der Waals surface area (Å²) in [5, 5.41) is 11.5. The molecule has 2 aromatic carbocycles. The normalized spacial score (nSPS) is 10.7. The molecule has 0 unspecified atom stereocenters. The van der Waals surface area contributed by atoms with Crippen molar-refractivity contribution in [2.75, 3.05) is 11.1 Å². The van der Waals surface area contributed by atoms with Gasteiger partial charge in [-0.3, -0.25) is 9.59 Å². The summed E-state index contributed by atoms with van der Waals surface area (Å²) < 4.78 is 1.12. The molecule has 1 amide bonds. The van der Waals surface area contributed by atoms with Crippen LogP contribution in [-0.2, 0) is 0 Å². The van der Waals surface area contributed by atoms with E-state index in [0.717, 1.165) is 26.7 Å². The highest BCUT2D eigenvalue weighted by Crippen LogP contribution is 2.38. The number of H-pyrrole nitrogens is 1. The number of nitrogens with one attached hydrogen (secondary N) is 3. The summed E-state index contributed by atoms with van der Waals surface area (Å²) in [6.45, 7) is 0. The standard InChI is InChI=1S/C21H16N4O2S/c22-11-13-8-14(25-21(27)15-5-3-7-24-20(15)26)10-16(19(13)23)18-9-12-4-1-2-6-17(12)28-18/h1-11,22H,23H2,(H,24,26)(H,25,27). The summed E-state index contributed by atoms with van der Waals surface area (Å²) in [4.78, 5) is 27.8. The van der Waals surface area contributed by atoms with Gasteiger partial charge in [0.1, 0.15) is 5.56 Å². The quantitative estimate of drug-likeness (QED) is 0.312. The van der Waals surface area contributed by atoms with E-state index in [2.05, 4.69) is 10.3 Å². The van der Waals surface area contributed by atoms with E-state index in [4.69, 9.17) is 11.1 Å². The van der Waals surface area contributed by atoms with E-state index in [1.165, 1.54) is 12.3 Å². The van der Waals surface area contributed by atoms with Crippen molar-refractivity contribution in [1.29, 1.82) is 5.41 Å². The lowest BCUT2D eigenvalue weighted by atomic mass is 10.0. The smallest absolute Gasteiger partial charge is 0.261 e. The third kappa shape index (κ3) is 3.19. The molecule has 0 saturated heterocycles. The maximum Gasteiger partial charge on any atom is 0.261 e. The van der Waals surface area contributed by atoms with Crippen molar-refractivity contribution >= 4 is 44.9 Å². The maximum absolute atomic E-state index is 12.5. The van der Waals surface area contributed by atoms with Crippen LogP contribution in [0.1, 0.15) is 15.9 Å². The van der Waals surface area contributed by atoms with Crippen molar-refractivity contribution in [3.05, 3.63) is 82.3 Å². The second kappa shape index (κ2) is 7.13. The monoisotopic (exact) mass is 388 g/mol. The van der Waals surface area contributed by atoms with Crippen molar-refractivity contribution in [2.45, 2.75) is 0 Å². The van der Waals surface area contributed by atoms with Crippen molar-refractivity contribution in [1.82, 2.24) is 4.98 Å². The van der Waals surface area contributed by atoms with Crippen LogP contribution in [0.3, 0.4) is 0 Å². The highest BCUT2D eigenvalue weighted by atomic mass is 32.1. The second-order valence-electron chi connectivity index (χ2n) is 6.19. The van der Waals surface area contributed by atoms with Crippen molar-refractivity contribution < 1.29 is 4.79 Å². The van der Waals surface area contributed by atoms with Crippen LogP contribution < -0.4 is 16.6 Å². The number of anilines is 2. The molecular formula is C21H16N4O2S. The molecule has 0 fully saturated rings. The van der Waals surface area contributed by atoms with Crippen LogP contribution in [0.5, 0.6) is 0 Å². The van der Waals surface area contributed by atoms with Gasteiger partial charge in [-0.2, -0.15) is 0 Å². The lowest BCUT2D eigenvalue weighted by Crippen LogP contribution is -2.22. The summed E-state index contributed by atoms with van der Waals surface area (Å²) in [7, 11) is 0. The molecular weight excluding hydrogens is 372 g/mol. The van der Waals surface area contributed by atoms with E-state index < -0.39 is 11.5 Å². The molecule has 138 valence electrons. The van der Waals surface area contributed by atoms with Crippen LogP contribution in [0, 0.1) is 5.41 Å². The lowest BCUT2D eigenvalue weighted by molar-refractivity contribution is 0.102. The molecule has 0 atom stereocenters. The lowest BCUT2D eigenvalue weighted by Gasteiger charge is -2.12. The largest absolute Gasteiger partial charge is 0.398 e. The van der Waals surface area contributed by atoms with Gasteiger partial charge in [-0.05, 0) is 41.8 Å². The molecule has 28 heavy (non-hydrogen) atoms. The fourth-order valence-corrected chi connectivity index (χ4v) is 4.08. The third-order valence-electron chi connectivity index (χ3n) is 4.38. The molecule has 0 radical (unpaired) electrons. The number of carbonyl (C=O) groups excluding carboxylic acids is 1. The topological polar surface area (TPSA) is 112 Å². The molecule has 2 aromatic heterocycles. The minimum Gasteiger partial charge on any atom is -0.398 e. The van der Waals surface area contributed by atoms with Crippen LogP contribution in [-0.4, -0.2) is 17.1 Å². The van der Waals surface area contributed by atoms with E-state index in [1.54, 1.807) is 29.5 Å². The number of hydrogen-bond donors (Lipinski definition) is 4. The molecule has 6 nitrogen and oxygen atoms in total. The van der Waals surface area contributed by atoms with Gasteiger partial charge < -0.3 is 21.4 Å². The van der Waals surface area contributed by atoms with Crippen molar-refractivity contribution in [2.24, 2.45) is 0 Å². The number of aromatic nitrogens is 1. The summed E-state index contributed by atoms with van der Waals surface area (Å²) in [5.41, 5.74) is 7.98. The van der Waals surface area contributed by atoms with Gasteiger partial charge >= 0.3 is 0 Å². The number of benzene rings is 2. The van der Waals surface area contributed by atoms with E-state index >= 15 is 0 Å². The molecule has 0 aliphatic heterocycles. The number of aromatic amines is 1. The summed E-state index contributed by atoms with van der Waals surface area (Å²) in [5.74, 6) is -0.523. The highest BCUT2D eigenvalue weighted by molar-refractivity contribution is 7.22. The molecule has 0 aliphatic rings. The Balaban J connectivity index is 1.78. The first-order valence-electron chi connectivity index (χ1n) is 8.49. The molecule has 4 aromatic rings. The predicted octanol–water partition coefficient (Wildman–Crippen LogP) is 4.09. The zero-order chi connectivity index (χ0) is 19.7. The Morgan fingerprint density at radius 2 is 1.96 bits per heavy atom. The molecule has 0 saturated carbocycles. The van der Waals surface area contributed by atoms with E-state index in [9.17, 15) is 9.59 Å². The summed E-state index contributed by atoms with van der Waals surface area (Å²) >= 11 is 1.59. The van der Waals surface area contributed by atoms with Crippen LogP contribution >= 0.6 is 11.3 Å². The van der Waals surface area contributed by atoms with E-state index in [0.29, 0.717) is 16.9 Å². The van der Waals surface area contributed by atoms with Gasteiger partial charge in [-0.25, -0.2) is 0 Å². The van der Waals surface area contributed by atoms with Crippen LogP contribution in [0.4, 0.5) is 11.4 Å². The number of thiophene rings is 1. The average molecular weight is 388 g/mol. The van der Waals surface area contributed by atoms with Crippen LogP contribution in [0.15, 0.2) is 65.6 Å². The van der Waals surface area contributed by atoms with Gasteiger partial charge in [0.2, 0.25) is 0 Å². The van der Waals surface area contributed by atoms with Gasteiger partial charge in [-0.15, -0.1) is 11.3 Å². The Kier molecular flexibility index (Phi) is 4.50. The first-order valence-corrected chi connectivity index (χ1v) is 9.30. The van der Waals surface area contributed by atoms with Crippen LogP contribution in [0.2, 0.25) is 0 Å². The number of pyridine rings is 1. The molecule has 2 heterocycles. The van der Waals surface area contributed by atoms with Gasteiger partial charge in [0, 0.05) is 44.5 Å². The molecule has 5 N–H and O–H groups in total. The third-order valence-corrected chi connectivity index (χ3v) is 5.53. The number of nitrogens with two attached hydrogens (primary N) is 1. The Morgan fingerprint density at radius 1 is 1.14 bits per heavy atom. The number of amides is 1. The Bertz CT molecular complexity index is 1240. The number of carbonyl (C=O) groups is 1. The first-order chi connectivity index (χ1) is 13.6. The number of rotatable bonds is 4.